The highest BCUT2D eigenvalue weighted by molar-refractivity contribution is 5.81. The molecule has 0 unspecified atom stereocenters. The van der Waals surface area contributed by atoms with Gasteiger partial charge in [0, 0.05) is 19.8 Å². The minimum atomic E-state index is 0.741. The lowest BCUT2D eigenvalue weighted by molar-refractivity contribution is 0.533. The van der Waals surface area contributed by atoms with Gasteiger partial charge in [-0.25, -0.2) is 0 Å². The lowest BCUT2D eigenvalue weighted by Gasteiger charge is -2.14. The zero-order valence-electron chi connectivity index (χ0n) is 9.20. The number of aromatic nitrogens is 1. The monoisotopic (exact) mass is 204 g/mol. The molecule has 1 N–H and O–H groups in total. The van der Waals surface area contributed by atoms with Crippen molar-refractivity contribution in [1.82, 2.24) is 15.2 Å². The zero-order chi connectivity index (χ0) is 10.7. The maximum atomic E-state index is 4.36. The van der Waals surface area contributed by atoms with E-state index in [9.17, 15) is 0 Å². The summed E-state index contributed by atoms with van der Waals surface area (Å²) >= 11 is 0. The van der Waals surface area contributed by atoms with Gasteiger partial charge in [0.25, 0.3) is 0 Å². The predicted octanol–water partition coefficient (Wildman–Crippen LogP) is 0.781. The van der Waals surface area contributed by atoms with E-state index in [2.05, 4.69) is 33.2 Å². The van der Waals surface area contributed by atoms with Crippen LogP contribution in [-0.2, 0) is 6.54 Å². The molecule has 1 aliphatic rings. The Balaban J connectivity index is 1.93. The standard InChI is InChI=1S/C11H16N4/c1-9-3-4-12-10(7-9)8-14-11-13-5-6-15(11)2/h3-4,7H,5-6,8H2,1-2H3,(H,13,14). The molecule has 0 aromatic carbocycles. The third-order valence-electron chi connectivity index (χ3n) is 2.46. The van der Waals surface area contributed by atoms with Gasteiger partial charge in [0.05, 0.1) is 18.8 Å². The maximum Gasteiger partial charge on any atom is 0.194 e. The first kappa shape index (κ1) is 9.96. The summed E-state index contributed by atoms with van der Waals surface area (Å²) in [5.41, 5.74) is 2.29. The second-order valence-corrected chi connectivity index (χ2v) is 3.80. The molecule has 0 fully saturated rings. The van der Waals surface area contributed by atoms with Crippen molar-refractivity contribution in [2.24, 2.45) is 4.99 Å². The molecular weight excluding hydrogens is 188 g/mol. The van der Waals surface area contributed by atoms with E-state index in [-0.39, 0.29) is 0 Å². The lowest BCUT2D eigenvalue weighted by Crippen LogP contribution is -2.35. The van der Waals surface area contributed by atoms with Gasteiger partial charge in [0.1, 0.15) is 0 Å². The normalized spacial score (nSPS) is 15.3. The van der Waals surface area contributed by atoms with Crippen molar-refractivity contribution in [3.8, 4) is 0 Å². The molecule has 4 nitrogen and oxygen atoms in total. The largest absolute Gasteiger partial charge is 0.351 e. The summed E-state index contributed by atoms with van der Waals surface area (Å²) in [5.74, 6) is 0.971. The average Bonchev–Trinajstić information content (AvgIpc) is 2.61. The molecule has 15 heavy (non-hydrogen) atoms. The van der Waals surface area contributed by atoms with E-state index in [1.807, 2.05) is 19.3 Å². The summed E-state index contributed by atoms with van der Waals surface area (Å²) in [5, 5.41) is 3.29. The number of rotatable bonds is 2. The quantitative estimate of drug-likeness (QED) is 0.774. The van der Waals surface area contributed by atoms with Crippen molar-refractivity contribution < 1.29 is 0 Å². The molecule has 0 radical (unpaired) electrons. The van der Waals surface area contributed by atoms with Gasteiger partial charge >= 0.3 is 0 Å². The van der Waals surface area contributed by atoms with E-state index in [0.717, 1.165) is 31.3 Å². The Morgan fingerprint density at radius 1 is 1.53 bits per heavy atom. The Bertz CT molecular complexity index is 373. The van der Waals surface area contributed by atoms with E-state index < -0.39 is 0 Å². The minimum absolute atomic E-state index is 0.741. The summed E-state index contributed by atoms with van der Waals surface area (Å²) in [7, 11) is 2.04. The number of hydrogen-bond acceptors (Lipinski definition) is 4. The second-order valence-electron chi connectivity index (χ2n) is 3.80. The molecule has 0 spiro atoms. The van der Waals surface area contributed by atoms with E-state index in [1.165, 1.54) is 5.56 Å². The Labute approximate surface area is 90.0 Å². The molecule has 0 saturated carbocycles. The number of aryl methyl sites for hydroxylation is 1. The molecule has 80 valence electrons. The Morgan fingerprint density at radius 3 is 3.07 bits per heavy atom. The van der Waals surface area contributed by atoms with E-state index >= 15 is 0 Å². The van der Waals surface area contributed by atoms with E-state index in [0.29, 0.717) is 0 Å². The summed E-state index contributed by atoms with van der Waals surface area (Å²) in [4.78, 5) is 10.8. The van der Waals surface area contributed by atoms with Crippen molar-refractivity contribution in [3.05, 3.63) is 29.6 Å². The fraction of sp³-hybridized carbons (Fsp3) is 0.455. The highest BCUT2D eigenvalue weighted by atomic mass is 15.3. The fourth-order valence-electron chi connectivity index (χ4n) is 1.59. The molecule has 1 aromatic heterocycles. The molecule has 1 aromatic rings. The van der Waals surface area contributed by atoms with E-state index in [1.54, 1.807) is 0 Å². The predicted molar refractivity (Wildman–Crippen MR) is 60.7 cm³/mol. The van der Waals surface area contributed by atoms with Gasteiger partial charge in [-0.2, -0.15) is 0 Å². The fourth-order valence-corrected chi connectivity index (χ4v) is 1.59. The SMILES string of the molecule is Cc1ccnc(CNC2=NCCN2C)c1. The number of pyridine rings is 1. The van der Waals surface area contributed by atoms with Crippen LogP contribution < -0.4 is 5.32 Å². The number of nitrogens with zero attached hydrogens (tertiary/aromatic N) is 3. The van der Waals surface area contributed by atoms with Crippen LogP contribution in [0.3, 0.4) is 0 Å². The highest BCUT2D eigenvalue weighted by Crippen LogP contribution is 2.01. The first-order valence-electron chi connectivity index (χ1n) is 5.17. The summed E-state index contributed by atoms with van der Waals surface area (Å²) in [6, 6.07) is 4.09. The van der Waals surface area contributed by atoms with Crippen LogP contribution in [0.1, 0.15) is 11.3 Å². The summed E-state index contributed by atoms with van der Waals surface area (Å²) in [6.45, 7) is 4.71. The van der Waals surface area contributed by atoms with Gasteiger partial charge < -0.3 is 10.2 Å². The van der Waals surface area contributed by atoms with Crippen molar-refractivity contribution in [3.63, 3.8) is 0 Å². The second kappa shape index (κ2) is 4.29. The minimum Gasteiger partial charge on any atom is -0.351 e. The van der Waals surface area contributed by atoms with Gasteiger partial charge in [-0.3, -0.25) is 9.98 Å². The average molecular weight is 204 g/mol. The van der Waals surface area contributed by atoms with Crippen LogP contribution in [-0.4, -0.2) is 36.0 Å². The van der Waals surface area contributed by atoms with Crippen molar-refractivity contribution in [1.29, 1.82) is 0 Å². The van der Waals surface area contributed by atoms with Gasteiger partial charge in [-0.1, -0.05) is 0 Å². The molecule has 1 aliphatic heterocycles. The third-order valence-corrected chi connectivity index (χ3v) is 2.46. The number of likely N-dealkylation sites (N-methyl/N-ethyl adjacent to an activating group) is 1. The molecule has 0 amide bonds. The smallest absolute Gasteiger partial charge is 0.194 e. The van der Waals surface area contributed by atoms with Crippen LogP contribution in [0.4, 0.5) is 0 Å². The van der Waals surface area contributed by atoms with Gasteiger partial charge in [-0.15, -0.1) is 0 Å². The Morgan fingerprint density at radius 2 is 2.40 bits per heavy atom. The molecule has 2 heterocycles. The van der Waals surface area contributed by atoms with Crippen LogP contribution in [0.15, 0.2) is 23.3 Å². The van der Waals surface area contributed by atoms with Crippen LogP contribution in [0.25, 0.3) is 0 Å². The first-order valence-corrected chi connectivity index (χ1v) is 5.17. The van der Waals surface area contributed by atoms with Gasteiger partial charge in [0.15, 0.2) is 5.96 Å². The first-order chi connectivity index (χ1) is 7.25. The third kappa shape index (κ3) is 2.46. The molecule has 2 rings (SSSR count). The van der Waals surface area contributed by atoms with Crippen LogP contribution in [0, 0.1) is 6.92 Å². The Hall–Kier alpha value is -1.58. The van der Waals surface area contributed by atoms with Crippen molar-refractivity contribution in [2.75, 3.05) is 20.1 Å². The van der Waals surface area contributed by atoms with Crippen LogP contribution in [0.2, 0.25) is 0 Å². The molecular formula is C11H16N4. The maximum absolute atomic E-state index is 4.36. The van der Waals surface area contributed by atoms with Crippen LogP contribution in [0.5, 0.6) is 0 Å². The molecule has 0 atom stereocenters. The molecule has 4 heteroatoms. The highest BCUT2D eigenvalue weighted by Gasteiger charge is 2.11. The van der Waals surface area contributed by atoms with E-state index in [4.69, 9.17) is 0 Å². The number of guanidine groups is 1. The molecule has 0 saturated heterocycles. The topological polar surface area (TPSA) is 40.5 Å². The lowest BCUT2D eigenvalue weighted by atomic mass is 10.2. The van der Waals surface area contributed by atoms with Crippen molar-refractivity contribution >= 4 is 5.96 Å². The van der Waals surface area contributed by atoms with Gasteiger partial charge in [0.2, 0.25) is 0 Å². The summed E-state index contributed by atoms with van der Waals surface area (Å²) < 4.78 is 0. The number of aliphatic imine (C=N–C) groups is 1. The molecule has 0 bridgehead atoms. The molecule has 0 aliphatic carbocycles. The number of nitrogens with one attached hydrogen (secondary N) is 1. The van der Waals surface area contributed by atoms with Crippen molar-refractivity contribution in [2.45, 2.75) is 13.5 Å². The van der Waals surface area contributed by atoms with Gasteiger partial charge in [-0.05, 0) is 24.6 Å². The summed E-state index contributed by atoms with van der Waals surface area (Å²) in [6.07, 6.45) is 1.84. The number of hydrogen-bond donors (Lipinski definition) is 1. The Kier molecular flexibility index (Phi) is 2.85. The van der Waals surface area contributed by atoms with Crippen LogP contribution >= 0.6 is 0 Å². The zero-order valence-corrected chi connectivity index (χ0v) is 9.20.